The molecule has 0 radical (unpaired) electrons. The highest BCUT2D eigenvalue weighted by Crippen LogP contribution is 2.33. The van der Waals surface area contributed by atoms with Crippen molar-refractivity contribution >= 4 is 17.6 Å². The van der Waals surface area contributed by atoms with Gasteiger partial charge in [0.1, 0.15) is 11.5 Å². The molecule has 1 fully saturated rings. The van der Waals surface area contributed by atoms with E-state index < -0.39 is 5.72 Å². The lowest BCUT2D eigenvalue weighted by atomic mass is 9.97. The second-order valence-corrected chi connectivity index (χ2v) is 6.89. The zero-order valence-corrected chi connectivity index (χ0v) is 15.7. The van der Waals surface area contributed by atoms with E-state index in [1.807, 2.05) is 43.3 Å². The molecule has 0 atom stereocenters. The monoisotopic (exact) mass is 381 g/mol. The Kier molecular flexibility index (Phi) is 4.81. The number of nitrogens with one attached hydrogen (secondary N) is 2. The van der Waals surface area contributed by atoms with Crippen molar-refractivity contribution in [2.45, 2.75) is 25.5 Å². The van der Waals surface area contributed by atoms with Gasteiger partial charge in [-0.15, -0.1) is 0 Å². The highest BCUT2D eigenvalue weighted by Gasteiger charge is 2.43. The summed E-state index contributed by atoms with van der Waals surface area (Å²) in [5.74, 6) is 1.10. The maximum Gasteiger partial charge on any atom is 0.321 e. The van der Waals surface area contributed by atoms with Gasteiger partial charge in [-0.1, -0.05) is 24.3 Å². The molecule has 3 amide bonds. The minimum absolute atomic E-state index is 0.134. The van der Waals surface area contributed by atoms with Gasteiger partial charge in [-0.05, 0) is 31.2 Å². The molecule has 0 aliphatic carbocycles. The summed E-state index contributed by atoms with van der Waals surface area (Å²) in [5.41, 5.74) is 0.428. The zero-order valence-electron chi connectivity index (χ0n) is 15.7. The maximum atomic E-state index is 12.7. The SMILES string of the molecule is CCOc1ccccc1NC(=O)N1CCC2(CC1)NC(=O)c1ccccc1O2. The molecule has 28 heavy (non-hydrogen) atoms. The summed E-state index contributed by atoms with van der Waals surface area (Å²) >= 11 is 0. The number of amides is 3. The summed E-state index contributed by atoms with van der Waals surface area (Å²) in [6.45, 7) is 3.38. The average Bonchev–Trinajstić information content (AvgIpc) is 2.70. The van der Waals surface area contributed by atoms with Crippen LogP contribution in [0.1, 0.15) is 30.1 Å². The van der Waals surface area contributed by atoms with Crippen LogP contribution in [0, 0.1) is 0 Å². The first-order chi connectivity index (χ1) is 13.6. The fourth-order valence-electron chi connectivity index (χ4n) is 3.60. The number of urea groups is 1. The van der Waals surface area contributed by atoms with Gasteiger partial charge in [0.2, 0.25) is 0 Å². The number of hydrogen-bond donors (Lipinski definition) is 2. The van der Waals surface area contributed by atoms with Crippen molar-refractivity contribution in [1.82, 2.24) is 10.2 Å². The first kappa shape index (κ1) is 18.2. The molecule has 2 aliphatic heterocycles. The van der Waals surface area contributed by atoms with E-state index in [9.17, 15) is 9.59 Å². The number of likely N-dealkylation sites (tertiary alicyclic amines) is 1. The zero-order chi connectivity index (χ0) is 19.6. The second-order valence-electron chi connectivity index (χ2n) is 6.89. The van der Waals surface area contributed by atoms with Crippen molar-refractivity contribution in [2.24, 2.45) is 0 Å². The van der Waals surface area contributed by atoms with Crippen LogP contribution in [0.25, 0.3) is 0 Å². The summed E-state index contributed by atoms with van der Waals surface area (Å²) in [5, 5.41) is 5.90. The summed E-state index contributed by atoms with van der Waals surface area (Å²) in [7, 11) is 0. The molecule has 0 bridgehead atoms. The number of anilines is 1. The summed E-state index contributed by atoms with van der Waals surface area (Å²) < 4.78 is 11.7. The predicted molar refractivity (Wildman–Crippen MR) is 105 cm³/mol. The third-order valence-corrected chi connectivity index (χ3v) is 5.07. The van der Waals surface area contributed by atoms with Gasteiger partial charge in [-0.2, -0.15) is 0 Å². The topological polar surface area (TPSA) is 79.9 Å². The molecule has 2 aromatic carbocycles. The van der Waals surface area contributed by atoms with Crippen molar-refractivity contribution in [3.05, 3.63) is 54.1 Å². The highest BCUT2D eigenvalue weighted by atomic mass is 16.5. The number of ether oxygens (including phenoxy) is 2. The Bertz CT molecular complexity index is 891. The quantitative estimate of drug-likeness (QED) is 0.855. The van der Waals surface area contributed by atoms with Gasteiger partial charge in [-0.25, -0.2) is 4.79 Å². The molecule has 7 nitrogen and oxygen atoms in total. The Labute approximate surface area is 163 Å². The van der Waals surface area contributed by atoms with Crippen LogP contribution in [0.5, 0.6) is 11.5 Å². The molecule has 146 valence electrons. The first-order valence-corrected chi connectivity index (χ1v) is 9.48. The molecular formula is C21H23N3O4. The normalized spacial score (nSPS) is 17.3. The van der Waals surface area contributed by atoms with E-state index in [1.165, 1.54) is 0 Å². The minimum Gasteiger partial charge on any atom is -0.492 e. The Morgan fingerprint density at radius 1 is 1.18 bits per heavy atom. The van der Waals surface area contributed by atoms with Gasteiger partial charge in [0.15, 0.2) is 5.72 Å². The molecule has 1 saturated heterocycles. The lowest BCUT2D eigenvalue weighted by Crippen LogP contribution is -2.61. The molecule has 0 aromatic heterocycles. The molecule has 2 aliphatic rings. The fourth-order valence-corrected chi connectivity index (χ4v) is 3.60. The largest absolute Gasteiger partial charge is 0.492 e. The van der Waals surface area contributed by atoms with Crippen molar-refractivity contribution in [1.29, 1.82) is 0 Å². The number of carbonyl (C=O) groups is 2. The summed E-state index contributed by atoms with van der Waals surface area (Å²) in [6.07, 6.45) is 1.04. The molecule has 2 heterocycles. The highest BCUT2D eigenvalue weighted by molar-refractivity contribution is 5.98. The van der Waals surface area contributed by atoms with E-state index in [0.29, 0.717) is 55.3 Å². The van der Waals surface area contributed by atoms with Crippen molar-refractivity contribution in [3.8, 4) is 11.5 Å². The van der Waals surface area contributed by atoms with E-state index >= 15 is 0 Å². The lowest BCUT2D eigenvalue weighted by molar-refractivity contribution is -0.0203. The van der Waals surface area contributed by atoms with Gasteiger partial charge in [-0.3, -0.25) is 4.79 Å². The van der Waals surface area contributed by atoms with Gasteiger partial charge in [0.25, 0.3) is 5.91 Å². The minimum atomic E-state index is -0.758. The maximum absolute atomic E-state index is 12.7. The first-order valence-electron chi connectivity index (χ1n) is 9.48. The number of rotatable bonds is 3. The van der Waals surface area contributed by atoms with Crippen LogP contribution in [0.3, 0.4) is 0 Å². The van der Waals surface area contributed by atoms with Crippen molar-refractivity contribution in [2.75, 3.05) is 25.0 Å². The van der Waals surface area contributed by atoms with E-state index in [-0.39, 0.29) is 11.9 Å². The van der Waals surface area contributed by atoms with Crippen LogP contribution < -0.4 is 20.1 Å². The number of hydrogen-bond acceptors (Lipinski definition) is 4. The van der Waals surface area contributed by atoms with Crippen LogP contribution in [0.15, 0.2) is 48.5 Å². The predicted octanol–water partition coefficient (Wildman–Crippen LogP) is 3.23. The van der Waals surface area contributed by atoms with Crippen molar-refractivity contribution < 1.29 is 19.1 Å². The van der Waals surface area contributed by atoms with Crippen molar-refractivity contribution in [3.63, 3.8) is 0 Å². The van der Waals surface area contributed by atoms with Crippen LogP contribution in [-0.4, -0.2) is 42.3 Å². The van der Waals surface area contributed by atoms with Gasteiger partial charge >= 0.3 is 6.03 Å². The molecule has 0 saturated carbocycles. The molecule has 2 N–H and O–H groups in total. The third-order valence-electron chi connectivity index (χ3n) is 5.07. The summed E-state index contributed by atoms with van der Waals surface area (Å²) in [4.78, 5) is 26.8. The standard InChI is InChI=1S/C21H23N3O4/c1-2-27-18-10-6-4-8-16(18)22-20(26)24-13-11-21(12-14-24)23-19(25)15-7-3-5-9-17(15)28-21/h3-10H,2,11-14H2,1H3,(H,22,26)(H,23,25). The number of piperidine rings is 1. The van der Waals surface area contributed by atoms with Crippen LogP contribution >= 0.6 is 0 Å². The molecule has 0 unspecified atom stereocenters. The third kappa shape index (κ3) is 3.47. The number of para-hydroxylation sites is 3. The Balaban J connectivity index is 1.41. The van der Waals surface area contributed by atoms with Gasteiger partial charge < -0.3 is 25.0 Å². The number of benzene rings is 2. The molecule has 2 aromatic rings. The van der Waals surface area contributed by atoms with Crippen LogP contribution in [0.2, 0.25) is 0 Å². The smallest absolute Gasteiger partial charge is 0.321 e. The molecule has 1 spiro atoms. The Hall–Kier alpha value is -3.22. The number of fused-ring (bicyclic) bond motifs is 1. The molecular weight excluding hydrogens is 358 g/mol. The Morgan fingerprint density at radius 3 is 2.68 bits per heavy atom. The lowest BCUT2D eigenvalue weighted by Gasteiger charge is -2.44. The Morgan fingerprint density at radius 2 is 1.89 bits per heavy atom. The second kappa shape index (κ2) is 7.42. The van der Waals surface area contributed by atoms with Gasteiger partial charge in [0, 0.05) is 25.9 Å². The van der Waals surface area contributed by atoms with Crippen LogP contribution in [-0.2, 0) is 0 Å². The summed E-state index contributed by atoms with van der Waals surface area (Å²) in [6, 6.07) is 14.4. The van der Waals surface area contributed by atoms with E-state index in [0.717, 1.165) is 0 Å². The van der Waals surface area contributed by atoms with E-state index in [2.05, 4.69) is 10.6 Å². The average molecular weight is 381 g/mol. The van der Waals surface area contributed by atoms with E-state index in [4.69, 9.17) is 9.47 Å². The van der Waals surface area contributed by atoms with E-state index in [1.54, 1.807) is 17.0 Å². The number of nitrogens with zero attached hydrogens (tertiary/aromatic N) is 1. The van der Waals surface area contributed by atoms with Crippen LogP contribution in [0.4, 0.5) is 10.5 Å². The fraction of sp³-hybridized carbons (Fsp3) is 0.333. The molecule has 4 rings (SSSR count). The van der Waals surface area contributed by atoms with Gasteiger partial charge in [0.05, 0.1) is 17.9 Å². The number of carbonyl (C=O) groups excluding carboxylic acids is 2. The molecule has 7 heteroatoms.